The standard InChI is InChI=1S/C72H59N5/c1-70(2)55-30-16-20-34-61(55)75(62-35-21-17-31-56(62)70)53-42-44-65-59(46-53)72(5,6)60-47-54(76-63-36-22-18-32-57(63)71(3,4)58-33-19-23-37-64(58)76)43-45-66(60)74(65)51-40-38-48(39-41-51)67-68(49-24-10-7-11-25-49)73-77(52-28-14-9-15-29-52)69(67)50-26-12-8-13-27-50/h7-47H,1-6H3. The molecule has 77 heavy (non-hydrogen) atoms. The van der Waals surface area contributed by atoms with Crippen LogP contribution in [0.2, 0.25) is 0 Å². The monoisotopic (exact) mass is 993 g/mol. The second-order valence-corrected chi connectivity index (χ2v) is 22.5. The number of hydrogen-bond donors (Lipinski definition) is 0. The predicted molar refractivity (Wildman–Crippen MR) is 320 cm³/mol. The second-order valence-electron chi connectivity index (χ2n) is 22.5. The van der Waals surface area contributed by atoms with Gasteiger partial charge in [0.2, 0.25) is 0 Å². The van der Waals surface area contributed by atoms with Crippen molar-refractivity contribution in [3.8, 4) is 39.3 Å². The van der Waals surface area contributed by atoms with Crippen LogP contribution in [-0.4, -0.2) is 9.78 Å². The summed E-state index contributed by atoms with van der Waals surface area (Å²) in [5, 5.41) is 5.46. The molecule has 11 aromatic rings. The molecule has 14 rings (SSSR count). The number of nitrogens with zero attached hydrogens (tertiary/aromatic N) is 5. The summed E-state index contributed by atoms with van der Waals surface area (Å²) in [4.78, 5) is 7.48. The minimum atomic E-state index is -0.420. The Morgan fingerprint density at radius 2 is 0.610 bits per heavy atom. The highest BCUT2D eigenvalue weighted by Crippen LogP contribution is 2.59. The van der Waals surface area contributed by atoms with Crippen LogP contribution in [0.4, 0.5) is 51.2 Å². The average Bonchev–Trinajstić information content (AvgIpc) is 4.04. The van der Waals surface area contributed by atoms with Crippen molar-refractivity contribution in [1.82, 2.24) is 9.78 Å². The van der Waals surface area contributed by atoms with E-state index in [2.05, 4.69) is 310 Å². The molecule has 0 unspecified atom stereocenters. The molecule has 0 bridgehead atoms. The summed E-state index contributed by atoms with van der Waals surface area (Å²) in [5.74, 6) is 0. The van der Waals surface area contributed by atoms with Gasteiger partial charge >= 0.3 is 0 Å². The fraction of sp³-hybridized carbons (Fsp3) is 0.125. The first-order valence-corrected chi connectivity index (χ1v) is 27.0. The molecule has 10 aromatic carbocycles. The van der Waals surface area contributed by atoms with Gasteiger partial charge < -0.3 is 14.7 Å². The zero-order valence-electron chi connectivity index (χ0n) is 44.4. The topological polar surface area (TPSA) is 27.5 Å². The maximum absolute atomic E-state index is 5.46. The van der Waals surface area contributed by atoms with Gasteiger partial charge in [-0.1, -0.05) is 205 Å². The molecular weight excluding hydrogens is 935 g/mol. The minimum Gasteiger partial charge on any atom is -0.310 e. The molecule has 0 saturated carbocycles. The zero-order valence-corrected chi connectivity index (χ0v) is 44.4. The van der Waals surface area contributed by atoms with Gasteiger partial charge in [0.05, 0.1) is 45.5 Å². The maximum atomic E-state index is 5.46. The van der Waals surface area contributed by atoms with Gasteiger partial charge in [-0.05, 0) is 124 Å². The van der Waals surface area contributed by atoms with Crippen molar-refractivity contribution in [3.05, 3.63) is 282 Å². The molecular formula is C72H59N5. The van der Waals surface area contributed by atoms with E-state index >= 15 is 0 Å². The van der Waals surface area contributed by atoms with Crippen LogP contribution in [0.3, 0.4) is 0 Å². The smallest absolute Gasteiger partial charge is 0.101 e. The molecule has 0 radical (unpaired) electrons. The average molecular weight is 994 g/mol. The Labute approximate surface area is 452 Å². The number of aromatic nitrogens is 2. The number of fused-ring (bicyclic) bond motifs is 6. The molecule has 0 spiro atoms. The lowest BCUT2D eigenvalue weighted by molar-refractivity contribution is 0.626. The van der Waals surface area contributed by atoms with Crippen LogP contribution >= 0.6 is 0 Å². The SMILES string of the molecule is CC1(C)c2ccccc2N(c2ccc3c(c2)C(C)(C)c2cc(N4c5ccccc5C(C)(C)c5ccccc54)ccc2N3c2ccc(-c3c(-c4ccccc4)nn(-c4ccccc4)c3-c3ccccc3)cc2)c2ccccc21. The number of anilines is 9. The summed E-state index contributed by atoms with van der Waals surface area (Å²) in [6.45, 7) is 14.3. The van der Waals surface area contributed by atoms with E-state index in [9.17, 15) is 0 Å². The quantitative estimate of drug-likeness (QED) is 0.159. The van der Waals surface area contributed by atoms with Gasteiger partial charge in [-0.3, -0.25) is 0 Å². The first-order valence-electron chi connectivity index (χ1n) is 27.0. The second kappa shape index (κ2) is 17.4. The summed E-state index contributed by atoms with van der Waals surface area (Å²) in [6, 6.07) is 91.2. The fourth-order valence-corrected chi connectivity index (χ4v) is 13.1. The summed E-state index contributed by atoms with van der Waals surface area (Å²) >= 11 is 0. The molecule has 0 saturated heterocycles. The van der Waals surface area contributed by atoms with Gasteiger partial charge in [-0.2, -0.15) is 5.10 Å². The van der Waals surface area contributed by atoms with E-state index in [1.165, 1.54) is 56.1 Å². The fourth-order valence-electron chi connectivity index (χ4n) is 13.1. The van der Waals surface area contributed by atoms with Crippen LogP contribution < -0.4 is 14.7 Å². The third-order valence-electron chi connectivity index (χ3n) is 17.0. The molecule has 4 heterocycles. The van der Waals surface area contributed by atoms with Gasteiger partial charge in [-0.15, -0.1) is 0 Å². The van der Waals surface area contributed by atoms with E-state index < -0.39 is 5.41 Å². The molecule has 0 aliphatic carbocycles. The molecule has 5 nitrogen and oxygen atoms in total. The lowest BCUT2D eigenvalue weighted by Gasteiger charge is -2.45. The Bertz CT molecular complexity index is 3820. The summed E-state index contributed by atoms with van der Waals surface area (Å²) in [7, 11) is 0. The first kappa shape index (κ1) is 46.3. The Balaban J connectivity index is 0.975. The van der Waals surface area contributed by atoms with Gasteiger partial charge in [0.1, 0.15) is 5.69 Å². The molecule has 1 aromatic heterocycles. The van der Waals surface area contributed by atoms with Crippen molar-refractivity contribution in [2.75, 3.05) is 14.7 Å². The molecule has 0 fully saturated rings. The zero-order chi connectivity index (χ0) is 52.2. The molecule has 3 aliphatic rings. The third kappa shape index (κ3) is 7.10. The first-order chi connectivity index (χ1) is 37.5. The Kier molecular flexibility index (Phi) is 10.5. The maximum Gasteiger partial charge on any atom is 0.101 e. The van der Waals surface area contributed by atoms with Crippen LogP contribution in [0.1, 0.15) is 74.9 Å². The molecule has 0 atom stereocenters. The van der Waals surface area contributed by atoms with Crippen LogP contribution in [0, 0.1) is 0 Å². The van der Waals surface area contributed by atoms with E-state index in [1.807, 2.05) is 0 Å². The van der Waals surface area contributed by atoms with Crippen LogP contribution in [0.25, 0.3) is 39.3 Å². The molecule has 0 amide bonds. The number of hydrogen-bond acceptors (Lipinski definition) is 4. The molecule has 3 aliphatic heterocycles. The third-order valence-corrected chi connectivity index (χ3v) is 17.0. The minimum absolute atomic E-state index is 0.166. The normalized spacial score (nSPS) is 15.1. The summed E-state index contributed by atoms with van der Waals surface area (Å²) in [6.07, 6.45) is 0. The van der Waals surface area contributed by atoms with Crippen molar-refractivity contribution in [2.24, 2.45) is 0 Å². The van der Waals surface area contributed by atoms with Gasteiger partial charge in [0.25, 0.3) is 0 Å². The highest BCUT2D eigenvalue weighted by Gasteiger charge is 2.42. The predicted octanol–water partition coefficient (Wildman–Crippen LogP) is 19.2. The number of para-hydroxylation sites is 5. The largest absolute Gasteiger partial charge is 0.310 e. The van der Waals surface area contributed by atoms with Crippen molar-refractivity contribution < 1.29 is 0 Å². The molecule has 5 heteroatoms. The van der Waals surface area contributed by atoms with Crippen LogP contribution in [0.5, 0.6) is 0 Å². The summed E-state index contributed by atoms with van der Waals surface area (Å²) in [5.41, 5.74) is 24.9. The van der Waals surface area contributed by atoms with E-state index in [0.717, 1.165) is 67.8 Å². The van der Waals surface area contributed by atoms with Gasteiger partial charge in [0.15, 0.2) is 0 Å². The van der Waals surface area contributed by atoms with Crippen molar-refractivity contribution >= 4 is 51.2 Å². The Hall–Kier alpha value is -9.19. The lowest BCUT2D eigenvalue weighted by atomic mass is 9.72. The van der Waals surface area contributed by atoms with E-state index in [-0.39, 0.29) is 10.8 Å². The van der Waals surface area contributed by atoms with E-state index in [4.69, 9.17) is 5.10 Å². The van der Waals surface area contributed by atoms with Crippen molar-refractivity contribution in [3.63, 3.8) is 0 Å². The van der Waals surface area contributed by atoms with Crippen molar-refractivity contribution in [1.29, 1.82) is 0 Å². The summed E-state index contributed by atoms with van der Waals surface area (Å²) < 4.78 is 2.12. The van der Waals surface area contributed by atoms with Gasteiger partial charge in [-0.25, -0.2) is 4.68 Å². The highest BCUT2D eigenvalue weighted by molar-refractivity contribution is 5.96. The molecule has 0 N–H and O–H groups in total. The molecule has 372 valence electrons. The van der Waals surface area contributed by atoms with Crippen LogP contribution in [0.15, 0.2) is 249 Å². The van der Waals surface area contributed by atoms with Crippen LogP contribution in [-0.2, 0) is 16.2 Å². The Morgan fingerprint density at radius 1 is 0.273 bits per heavy atom. The van der Waals surface area contributed by atoms with E-state index in [1.54, 1.807) is 0 Å². The number of rotatable bonds is 7. The number of benzene rings is 10. The Morgan fingerprint density at radius 3 is 1.05 bits per heavy atom. The highest BCUT2D eigenvalue weighted by atomic mass is 15.3. The van der Waals surface area contributed by atoms with Crippen molar-refractivity contribution in [2.45, 2.75) is 57.8 Å². The van der Waals surface area contributed by atoms with E-state index in [0.29, 0.717) is 0 Å². The van der Waals surface area contributed by atoms with Gasteiger partial charge in [0, 0.05) is 50.0 Å². The lowest BCUT2D eigenvalue weighted by Crippen LogP contribution is -2.33.